The van der Waals surface area contributed by atoms with Gasteiger partial charge < -0.3 is 5.43 Å². The van der Waals surface area contributed by atoms with E-state index in [-0.39, 0.29) is 6.04 Å². The highest BCUT2D eigenvalue weighted by Crippen LogP contribution is 2.23. The van der Waals surface area contributed by atoms with Gasteiger partial charge in [0.1, 0.15) is 0 Å². The molecule has 0 fully saturated rings. The molecule has 2 heteroatoms. The summed E-state index contributed by atoms with van der Waals surface area (Å²) in [7, 11) is 0. The van der Waals surface area contributed by atoms with Crippen LogP contribution < -0.4 is 5.43 Å². The summed E-state index contributed by atoms with van der Waals surface area (Å²) in [4.78, 5) is 0. The molecule has 0 spiro atoms. The van der Waals surface area contributed by atoms with Crippen LogP contribution in [0.4, 0.5) is 0 Å². The molecule has 0 aromatic heterocycles. The number of rotatable bonds is 5. The zero-order chi connectivity index (χ0) is 12.1. The number of nitrogens with zero attached hydrogens (tertiary/aromatic N) is 1. The van der Waals surface area contributed by atoms with Gasteiger partial charge in [-0.15, -0.1) is 0 Å². The molecule has 17 heavy (non-hydrogen) atoms. The van der Waals surface area contributed by atoms with Crippen LogP contribution >= 0.6 is 0 Å². The average molecular weight is 226 g/mol. The van der Waals surface area contributed by atoms with E-state index in [2.05, 4.69) is 66.6 Å². The maximum Gasteiger partial charge on any atom is 0.0689 e. The minimum Gasteiger partial charge on any atom is -0.303 e. The zero-order valence-corrected chi connectivity index (χ0v) is 10.2. The quantitative estimate of drug-likeness (QED) is 0.607. The van der Waals surface area contributed by atoms with E-state index >= 15 is 0 Å². The first-order valence-electron chi connectivity index (χ1n) is 6.05. The van der Waals surface area contributed by atoms with Crippen molar-refractivity contribution >= 4 is 17.5 Å². The van der Waals surface area contributed by atoms with E-state index < -0.39 is 0 Å². The van der Waals surface area contributed by atoms with Crippen molar-refractivity contribution in [2.24, 2.45) is 5.10 Å². The third-order valence-electron chi connectivity index (χ3n) is 3.00. The van der Waals surface area contributed by atoms with Crippen molar-refractivity contribution in [3.05, 3.63) is 48.0 Å². The van der Waals surface area contributed by atoms with E-state index in [0.717, 1.165) is 12.8 Å². The lowest BCUT2D eigenvalue weighted by Crippen LogP contribution is -2.14. The highest BCUT2D eigenvalue weighted by molar-refractivity contribution is 5.83. The Morgan fingerprint density at radius 1 is 1.18 bits per heavy atom. The molecule has 0 bridgehead atoms. The molecule has 0 radical (unpaired) electrons. The molecule has 2 nitrogen and oxygen atoms in total. The fourth-order valence-corrected chi connectivity index (χ4v) is 2.13. The molecular formula is C15H18N2. The van der Waals surface area contributed by atoms with Crippen LogP contribution in [-0.2, 0) is 0 Å². The summed E-state index contributed by atoms with van der Waals surface area (Å²) in [5.74, 6) is 0. The third kappa shape index (κ3) is 2.64. The van der Waals surface area contributed by atoms with Crippen LogP contribution in [0.2, 0.25) is 0 Å². The van der Waals surface area contributed by atoms with Crippen LogP contribution in [0.15, 0.2) is 47.6 Å². The molecule has 0 aliphatic carbocycles. The summed E-state index contributed by atoms with van der Waals surface area (Å²) in [6.45, 7) is 5.69. The fraction of sp³-hybridized carbons (Fsp3) is 0.267. The molecule has 1 N–H and O–H groups in total. The van der Waals surface area contributed by atoms with Crippen molar-refractivity contribution < 1.29 is 0 Å². The Morgan fingerprint density at radius 2 is 1.94 bits per heavy atom. The largest absolute Gasteiger partial charge is 0.303 e. The molecular weight excluding hydrogens is 208 g/mol. The summed E-state index contributed by atoms with van der Waals surface area (Å²) in [5, 5.41) is 6.36. The minimum absolute atomic E-state index is 0.266. The first kappa shape index (κ1) is 11.6. The van der Waals surface area contributed by atoms with Crippen LogP contribution in [0.25, 0.3) is 10.8 Å². The van der Waals surface area contributed by atoms with E-state index in [1.807, 2.05) is 0 Å². The van der Waals surface area contributed by atoms with E-state index in [4.69, 9.17) is 0 Å². The van der Waals surface area contributed by atoms with Gasteiger partial charge in [-0.05, 0) is 28.8 Å². The zero-order valence-electron chi connectivity index (χ0n) is 10.2. The molecule has 2 aromatic rings. The molecule has 0 aliphatic heterocycles. The Bertz CT molecular complexity index is 505. The van der Waals surface area contributed by atoms with Crippen molar-refractivity contribution in [3.8, 4) is 0 Å². The van der Waals surface area contributed by atoms with Gasteiger partial charge in [0.2, 0.25) is 0 Å². The molecule has 2 rings (SSSR count). The minimum atomic E-state index is 0.266. The van der Waals surface area contributed by atoms with E-state index in [1.165, 1.54) is 16.3 Å². The van der Waals surface area contributed by atoms with Crippen LogP contribution in [0.1, 0.15) is 31.4 Å². The molecule has 0 heterocycles. The Labute approximate surface area is 102 Å². The van der Waals surface area contributed by atoms with Gasteiger partial charge in [-0.1, -0.05) is 49.7 Å². The van der Waals surface area contributed by atoms with Crippen molar-refractivity contribution in [2.45, 2.75) is 25.8 Å². The molecule has 0 saturated heterocycles. The lowest BCUT2D eigenvalue weighted by Gasteiger charge is -2.16. The van der Waals surface area contributed by atoms with Crippen molar-refractivity contribution in [3.63, 3.8) is 0 Å². The van der Waals surface area contributed by atoms with Gasteiger partial charge >= 0.3 is 0 Å². The third-order valence-corrected chi connectivity index (χ3v) is 3.00. The Balaban J connectivity index is 2.35. The molecule has 88 valence electrons. The molecule has 1 unspecified atom stereocenters. The number of hydrazone groups is 1. The summed E-state index contributed by atoms with van der Waals surface area (Å²) in [5.41, 5.74) is 4.35. The predicted octanol–water partition coefficient (Wildman–Crippen LogP) is 3.89. The molecule has 0 aliphatic rings. The van der Waals surface area contributed by atoms with Crippen molar-refractivity contribution in [1.82, 2.24) is 5.43 Å². The number of fused-ring (bicyclic) bond motifs is 1. The van der Waals surface area contributed by atoms with Crippen LogP contribution in [0, 0.1) is 0 Å². The van der Waals surface area contributed by atoms with Gasteiger partial charge in [-0.2, -0.15) is 5.10 Å². The fourth-order valence-electron chi connectivity index (χ4n) is 2.13. The first-order valence-corrected chi connectivity index (χ1v) is 6.05. The first-order chi connectivity index (χ1) is 8.35. The Morgan fingerprint density at radius 3 is 2.65 bits per heavy atom. The second-order valence-corrected chi connectivity index (χ2v) is 4.24. The number of hydrogen-bond donors (Lipinski definition) is 1. The van der Waals surface area contributed by atoms with Gasteiger partial charge in [0.25, 0.3) is 0 Å². The summed E-state index contributed by atoms with van der Waals surface area (Å²) >= 11 is 0. The van der Waals surface area contributed by atoms with E-state index in [9.17, 15) is 0 Å². The number of nitrogens with one attached hydrogen (secondary N) is 1. The summed E-state index contributed by atoms with van der Waals surface area (Å²) < 4.78 is 0. The average Bonchev–Trinajstić information content (AvgIpc) is 2.38. The summed E-state index contributed by atoms with van der Waals surface area (Å²) in [6, 6.07) is 15.2. The SMILES string of the molecule is C=NNC(CCC)c1ccc2ccccc2c1. The number of benzene rings is 2. The van der Waals surface area contributed by atoms with Gasteiger partial charge in [0.15, 0.2) is 0 Å². The maximum atomic E-state index is 3.81. The topological polar surface area (TPSA) is 24.4 Å². The smallest absolute Gasteiger partial charge is 0.0689 e. The second-order valence-electron chi connectivity index (χ2n) is 4.24. The van der Waals surface area contributed by atoms with Gasteiger partial charge in [-0.25, -0.2) is 0 Å². The molecule has 1 atom stereocenters. The number of hydrogen-bond acceptors (Lipinski definition) is 2. The van der Waals surface area contributed by atoms with Crippen LogP contribution in [0.5, 0.6) is 0 Å². The Kier molecular flexibility index (Phi) is 3.76. The molecule has 0 amide bonds. The lowest BCUT2D eigenvalue weighted by molar-refractivity contribution is 0.515. The van der Waals surface area contributed by atoms with Crippen LogP contribution in [0.3, 0.4) is 0 Å². The summed E-state index contributed by atoms with van der Waals surface area (Å²) in [6.07, 6.45) is 2.19. The molecule has 0 saturated carbocycles. The highest BCUT2D eigenvalue weighted by atomic mass is 15.3. The molecule has 2 aromatic carbocycles. The lowest BCUT2D eigenvalue weighted by atomic mass is 9.99. The Hall–Kier alpha value is -1.83. The normalized spacial score (nSPS) is 12.3. The van der Waals surface area contributed by atoms with E-state index in [0.29, 0.717) is 0 Å². The monoisotopic (exact) mass is 226 g/mol. The van der Waals surface area contributed by atoms with E-state index in [1.54, 1.807) is 0 Å². The highest BCUT2D eigenvalue weighted by Gasteiger charge is 2.09. The maximum absolute atomic E-state index is 3.81. The van der Waals surface area contributed by atoms with Gasteiger partial charge in [-0.3, -0.25) is 0 Å². The van der Waals surface area contributed by atoms with Crippen LogP contribution in [-0.4, -0.2) is 6.72 Å². The van der Waals surface area contributed by atoms with Crippen molar-refractivity contribution in [2.75, 3.05) is 0 Å². The van der Waals surface area contributed by atoms with Crippen molar-refractivity contribution in [1.29, 1.82) is 0 Å². The van der Waals surface area contributed by atoms with Gasteiger partial charge in [0.05, 0.1) is 6.04 Å². The predicted molar refractivity (Wildman–Crippen MR) is 74.3 cm³/mol. The standard InChI is InChI=1S/C15H18N2/c1-3-6-15(17-16-2)14-10-9-12-7-4-5-8-13(12)11-14/h4-5,7-11,15,17H,2-3,6H2,1H3. The van der Waals surface area contributed by atoms with Gasteiger partial charge in [0, 0.05) is 6.72 Å². The second kappa shape index (κ2) is 5.48.